The molecular weight excluding hydrogens is 372 g/mol. The van der Waals surface area contributed by atoms with Gasteiger partial charge < -0.3 is 15.4 Å². The Morgan fingerprint density at radius 3 is 2.43 bits per heavy atom. The quantitative estimate of drug-likeness (QED) is 0.445. The highest BCUT2D eigenvalue weighted by Crippen LogP contribution is 2.27. The molecule has 0 radical (unpaired) electrons. The zero-order valence-corrected chi connectivity index (χ0v) is 16.1. The van der Waals surface area contributed by atoms with Gasteiger partial charge in [-0.05, 0) is 36.4 Å². The summed E-state index contributed by atoms with van der Waals surface area (Å²) in [5, 5.41) is 18.3. The molecule has 4 aromatic rings. The van der Waals surface area contributed by atoms with Crippen LogP contribution in [0, 0.1) is 0 Å². The van der Waals surface area contributed by atoms with Crippen LogP contribution >= 0.6 is 11.6 Å². The molecule has 3 aromatic carbocycles. The van der Waals surface area contributed by atoms with Gasteiger partial charge in [-0.25, -0.2) is 0 Å². The minimum absolute atomic E-state index is 0.557. The van der Waals surface area contributed by atoms with Gasteiger partial charge >= 0.3 is 0 Å². The van der Waals surface area contributed by atoms with E-state index in [-0.39, 0.29) is 0 Å². The van der Waals surface area contributed by atoms with Crippen molar-refractivity contribution in [3.8, 4) is 5.75 Å². The van der Waals surface area contributed by atoms with E-state index in [1.54, 1.807) is 7.11 Å². The minimum Gasteiger partial charge on any atom is -0.497 e. The molecule has 0 aliphatic heterocycles. The molecule has 0 bridgehead atoms. The molecule has 0 aliphatic rings. The average Bonchev–Trinajstić information content (AvgIpc) is 2.75. The Hall–Kier alpha value is -3.31. The van der Waals surface area contributed by atoms with Crippen LogP contribution in [0.15, 0.2) is 72.8 Å². The Morgan fingerprint density at radius 2 is 1.64 bits per heavy atom. The Balaban J connectivity index is 1.60. The molecule has 0 atom stereocenters. The van der Waals surface area contributed by atoms with Crippen LogP contribution in [0.2, 0.25) is 5.02 Å². The third kappa shape index (κ3) is 4.00. The van der Waals surface area contributed by atoms with E-state index in [4.69, 9.17) is 16.3 Å². The van der Waals surface area contributed by atoms with Crippen LogP contribution < -0.4 is 15.4 Å². The number of nitrogens with one attached hydrogen (secondary N) is 2. The molecule has 0 fully saturated rings. The number of methoxy groups -OCH3 is 1. The Labute approximate surface area is 168 Å². The van der Waals surface area contributed by atoms with Crippen LogP contribution in [0.5, 0.6) is 5.75 Å². The third-order valence-corrected chi connectivity index (χ3v) is 4.65. The smallest absolute Gasteiger partial charge is 0.160 e. The highest BCUT2D eigenvalue weighted by atomic mass is 35.5. The van der Waals surface area contributed by atoms with Crippen molar-refractivity contribution in [2.24, 2.45) is 0 Å². The first-order valence-corrected chi connectivity index (χ1v) is 9.25. The van der Waals surface area contributed by atoms with Gasteiger partial charge in [0.15, 0.2) is 5.82 Å². The van der Waals surface area contributed by atoms with Gasteiger partial charge in [-0.3, -0.25) is 0 Å². The number of benzene rings is 3. The summed E-state index contributed by atoms with van der Waals surface area (Å²) < 4.78 is 5.27. The highest BCUT2D eigenvalue weighted by molar-refractivity contribution is 6.30. The molecule has 0 spiro atoms. The van der Waals surface area contributed by atoms with Crippen molar-refractivity contribution in [3.05, 3.63) is 83.5 Å². The lowest BCUT2D eigenvalue weighted by molar-refractivity contribution is 0.415. The van der Waals surface area contributed by atoms with E-state index in [9.17, 15) is 0 Å². The predicted octanol–water partition coefficient (Wildman–Crippen LogP) is 5.65. The molecule has 0 saturated heterocycles. The van der Waals surface area contributed by atoms with Crippen LogP contribution in [0.1, 0.15) is 5.69 Å². The molecule has 140 valence electrons. The Bertz CT molecular complexity index is 1100. The molecule has 5 nitrogen and oxygen atoms in total. The van der Waals surface area contributed by atoms with Gasteiger partial charge in [0.2, 0.25) is 0 Å². The summed E-state index contributed by atoms with van der Waals surface area (Å²) in [6, 6.07) is 23.4. The van der Waals surface area contributed by atoms with Crippen LogP contribution in [0.3, 0.4) is 0 Å². The van der Waals surface area contributed by atoms with E-state index in [2.05, 4.69) is 26.9 Å². The molecule has 0 amide bonds. The maximum atomic E-state index is 5.96. The van der Waals surface area contributed by atoms with E-state index in [0.717, 1.165) is 33.6 Å². The number of hydrogen-bond donors (Lipinski definition) is 2. The zero-order chi connectivity index (χ0) is 19.3. The Kier molecular flexibility index (Phi) is 5.26. The molecule has 4 rings (SSSR count). The molecule has 6 heteroatoms. The zero-order valence-electron chi connectivity index (χ0n) is 15.3. The second-order valence-corrected chi connectivity index (χ2v) is 6.69. The van der Waals surface area contributed by atoms with Crippen molar-refractivity contribution < 1.29 is 4.74 Å². The van der Waals surface area contributed by atoms with Crippen molar-refractivity contribution in [1.82, 2.24) is 10.2 Å². The summed E-state index contributed by atoms with van der Waals surface area (Å²) in [5.74, 6) is 1.52. The molecule has 1 heterocycles. The lowest BCUT2D eigenvalue weighted by Gasteiger charge is -2.12. The lowest BCUT2D eigenvalue weighted by Crippen LogP contribution is -2.06. The number of aromatic nitrogens is 2. The monoisotopic (exact) mass is 390 g/mol. The summed E-state index contributed by atoms with van der Waals surface area (Å²) >= 11 is 5.96. The number of anilines is 3. The maximum Gasteiger partial charge on any atom is 0.160 e. The van der Waals surface area contributed by atoms with E-state index in [0.29, 0.717) is 17.4 Å². The number of ether oxygens (including phenoxy) is 1. The highest BCUT2D eigenvalue weighted by Gasteiger charge is 2.09. The van der Waals surface area contributed by atoms with Crippen LogP contribution in [0.25, 0.3) is 10.8 Å². The van der Waals surface area contributed by atoms with Crippen molar-refractivity contribution in [1.29, 1.82) is 0 Å². The molecule has 0 aliphatic carbocycles. The van der Waals surface area contributed by atoms with E-state index in [1.807, 2.05) is 66.7 Å². The number of hydrogen-bond acceptors (Lipinski definition) is 5. The maximum absolute atomic E-state index is 5.96. The largest absolute Gasteiger partial charge is 0.497 e. The fourth-order valence-electron chi connectivity index (χ4n) is 2.97. The minimum atomic E-state index is 0.557. The fraction of sp³-hybridized carbons (Fsp3) is 0.0909. The van der Waals surface area contributed by atoms with Gasteiger partial charge in [-0.1, -0.05) is 41.9 Å². The van der Waals surface area contributed by atoms with Crippen LogP contribution in [0.4, 0.5) is 17.2 Å². The number of nitrogens with zero attached hydrogens (tertiary/aromatic N) is 2. The summed E-state index contributed by atoms with van der Waals surface area (Å²) in [6.45, 7) is 0.557. The summed E-state index contributed by atoms with van der Waals surface area (Å²) in [4.78, 5) is 0. The number of halogens is 1. The Morgan fingerprint density at radius 1 is 0.857 bits per heavy atom. The van der Waals surface area contributed by atoms with Crippen molar-refractivity contribution in [3.63, 3.8) is 0 Å². The topological polar surface area (TPSA) is 59.1 Å². The number of fused-ring (bicyclic) bond motifs is 1. The molecule has 28 heavy (non-hydrogen) atoms. The van der Waals surface area contributed by atoms with Gasteiger partial charge in [0.25, 0.3) is 0 Å². The fourth-order valence-corrected chi connectivity index (χ4v) is 3.10. The summed E-state index contributed by atoms with van der Waals surface area (Å²) in [7, 11) is 1.66. The summed E-state index contributed by atoms with van der Waals surface area (Å²) in [5.41, 5.74) is 2.75. The standard InChI is InChI=1S/C22H19ClN4O/c1-28-18-6-4-5-17(13-18)24-14-21-19-7-2-3-8-20(19)22(27-26-21)25-16-11-9-15(23)10-12-16/h2-13,24H,14H2,1H3,(H,25,27). The van der Waals surface area contributed by atoms with Crippen molar-refractivity contribution >= 4 is 39.6 Å². The lowest BCUT2D eigenvalue weighted by atomic mass is 10.1. The van der Waals surface area contributed by atoms with Gasteiger partial charge in [0.1, 0.15) is 5.75 Å². The van der Waals surface area contributed by atoms with Crippen LogP contribution in [-0.2, 0) is 6.54 Å². The van der Waals surface area contributed by atoms with E-state index < -0.39 is 0 Å². The molecule has 1 aromatic heterocycles. The predicted molar refractivity (Wildman–Crippen MR) is 115 cm³/mol. The van der Waals surface area contributed by atoms with Gasteiger partial charge in [-0.15, -0.1) is 5.10 Å². The normalized spacial score (nSPS) is 10.6. The average molecular weight is 391 g/mol. The molecule has 2 N–H and O–H groups in total. The van der Waals surface area contributed by atoms with E-state index in [1.165, 1.54) is 0 Å². The van der Waals surface area contributed by atoms with Gasteiger partial charge in [-0.2, -0.15) is 5.10 Å². The summed E-state index contributed by atoms with van der Waals surface area (Å²) in [6.07, 6.45) is 0. The van der Waals surface area contributed by atoms with Gasteiger partial charge in [0, 0.05) is 33.2 Å². The third-order valence-electron chi connectivity index (χ3n) is 4.40. The van der Waals surface area contributed by atoms with Gasteiger partial charge in [0.05, 0.1) is 19.3 Å². The second-order valence-electron chi connectivity index (χ2n) is 6.26. The van der Waals surface area contributed by atoms with Crippen molar-refractivity contribution in [2.45, 2.75) is 6.54 Å². The second kappa shape index (κ2) is 8.15. The molecular formula is C22H19ClN4O. The van der Waals surface area contributed by atoms with Crippen LogP contribution in [-0.4, -0.2) is 17.3 Å². The number of rotatable bonds is 6. The SMILES string of the molecule is COc1cccc(NCc2nnc(Nc3ccc(Cl)cc3)c3ccccc23)c1. The van der Waals surface area contributed by atoms with E-state index >= 15 is 0 Å². The first-order chi connectivity index (χ1) is 13.7. The molecule has 0 unspecified atom stereocenters. The first-order valence-electron chi connectivity index (χ1n) is 8.88. The first kappa shape index (κ1) is 18.1. The molecule has 0 saturated carbocycles. The van der Waals surface area contributed by atoms with Crippen molar-refractivity contribution in [2.75, 3.05) is 17.7 Å².